The summed E-state index contributed by atoms with van der Waals surface area (Å²) in [4.78, 5) is 14.6. The molecular formula is C19H25N3O. The summed E-state index contributed by atoms with van der Waals surface area (Å²) in [5, 5.41) is 12.3. The van der Waals surface area contributed by atoms with Crippen LogP contribution in [0.2, 0.25) is 0 Å². The minimum Gasteiger partial charge on any atom is -0.371 e. The Kier molecular flexibility index (Phi) is 5.81. The second kappa shape index (κ2) is 7.82. The second-order valence-corrected chi connectivity index (χ2v) is 6.34. The van der Waals surface area contributed by atoms with Gasteiger partial charge < -0.3 is 10.2 Å². The number of hydrogen-bond donors (Lipinski definition) is 1. The minimum atomic E-state index is -0.311. The highest BCUT2D eigenvalue weighted by atomic mass is 16.1. The fourth-order valence-electron chi connectivity index (χ4n) is 3.08. The summed E-state index contributed by atoms with van der Waals surface area (Å²) in [6, 6.07) is 12.4. The Morgan fingerprint density at radius 3 is 2.48 bits per heavy atom. The molecule has 1 aromatic carbocycles. The van der Waals surface area contributed by atoms with Gasteiger partial charge in [-0.1, -0.05) is 30.3 Å². The molecule has 1 heterocycles. The molecule has 4 nitrogen and oxygen atoms in total. The zero-order valence-corrected chi connectivity index (χ0v) is 14.1. The molecule has 1 aliphatic heterocycles. The third-order valence-electron chi connectivity index (χ3n) is 4.55. The molecule has 0 aromatic heterocycles. The number of likely N-dealkylation sites (tertiary alicyclic amines) is 1. The van der Waals surface area contributed by atoms with Crippen LogP contribution in [0, 0.1) is 11.3 Å². The Labute approximate surface area is 138 Å². The SMILES string of the molecule is CC(NC(=O)/C(C#N)=C\N1C(C)CCCC1C)c1ccccc1. The van der Waals surface area contributed by atoms with Crippen LogP contribution in [-0.4, -0.2) is 22.9 Å². The molecule has 122 valence electrons. The average molecular weight is 311 g/mol. The van der Waals surface area contributed by atoms with Crippen LogP contribution < -0.4 is 5.32 Å². The number of piperidine rings is 1. The van der Waals surface area contributed by atoms with Crippen LogP contribution in [0.25, 0.3) is 0 Å². The molecule has 23 heavy (non-hydrogen) atoms. The number of benzene rings is 1. The molecule has 3 atom stereocenters. The van der Waals surface area contributed by atoms with Crippen molar-refractivity contribution < 1.29 is 4.79 Å². The van der Waals surface area contributed by atoms with E-state index in [1.54, 1.807) is 6.20 Å². The van der Waals surface area contributed by atoms with Crippen molar-refractivity contribution in [2.45, 2.75) is 58.2 Å². The van der Waals surface area contributed by atoms with Crippen molar-refractivity contribution in [3.63, 3.8) is 0 Å². The van der Waals surface area contributed by atoms with Crippen LogP contribution in [0.1, 0.15) is 51.6 Å². The van der Waals surface area contributed by atoms with Gasteiger partial charge in [-0.3, -0.25) is 4.79 Å². The van der Waals surface area contributed by atoms with Gasteiger partial charge in [-0.25, -0.2) is 0 Å². The Morgan fingerprint density at radius 2 is 1.91 bits per heavy atom. The molecule has 1 saturated heterocycles. The van der Waals surface area contributed by atoms with Gasteiger partial charge in [0, 0.05) is 18.3 Å². The monoisotopic (exact) mass is 311 g/mol. The van der Waals surface area contributed by atoms with E-state index in [4.69, 9.17) is 0 Å². The summed E-state index contributed by atoms with van der Waals surface area (Å²) in [5.41, 5.74) is 1.20. The summed E-state index contributed by atoms with van der Waals surface area (Å²) >= 11 is 0. The van der Waals surface area contributed by atoms with E-state index in [9.17, 15) is 10.1 Å². The number of rotatable bonds is 4. The molecule has 1 N–H and O–H groups in total. The van der Waals surface area contributed by atoms with Crippen LogP contribution >= 0.6 is 0 Å². The van der Waals surface area contributed by atoms with E-state index in [1.807, 2.05) is 37.3 Å². The van der Waals surface area contributed by atoms with Gasteiger partial charge in [-0.2, -0.15) is 5.26 Å². The standard InChI is InChI=1S/C19H25N3O/c1-14-8-7-9-15(2)22(14)13-18(12-20)19(23)21-16(3)17-10-5-4-6-11-17/h4-6,10-11,13-16H,7-9H2,1-3H3,(H,21,23)/b18-13-. The Hall–Kier alpha value is -2.28. The molecule has 0 aliphatic carbocycles. The molecule has 3 unspecified atom stereocenters. The van der Waals surface area contributed by atoms with Crippen molar-refractivity contribution in [1.29, 1.82) is 5.26 Å². The number of amides is 1. The van der Waals surface area contributed by atoms with E-state index in [1.165, 1.54) is 6.42 Å². The number of hydrogen-bond acceptors (Lipinski definition) is 3. The predicted molar refractivity (Wildman–Crippen MR) is 91.3 cm³/mol. The first-order valence-electron chi connectivity index (χ1n) is 8.28. The zero-order chi connectivity index (χ0) is 16.8. The van der Waals surface area contributed by atoms with E-state index in [2.05, 4.69) is 30.1 Å². The van der Waals surface area contributed by atoms with E-state index >= 15 is 0 Å². The average Bonchev–Trinajstić information content (AvgIpc) is 2.55. The molecule has 1 aliphatic rings. The smallest absolute Gasteiger partial charge is 0.263 e. The lowest BCUT2D eigenvalue weighted by Gasteiger charge is -2.38. The predicted octanol–water partition coefficient (Wildman–Crippen LogP) is 3.53. The number of nitrogens with one attached hydrogen (secondary N) is 1. The lowest BCUT2D eigenvalue weighted by molar-refractivity contribution is -0.117. The molecule has 1 aromatic rings. The lowest BCUT2D eigenvalue weighted by Crippen LogP contribution is -2.40. The van der Waals surface area contributed by atoms with E-state index in [0.29, 0.717) is 12.1 Å². The van der Waals surface area contributed by atoms with E-state index < -0.39 is 0 Å². The van der Waals surface area contributed by atoms with Gasteiger partial charge in [0.2, 0.25) is 0 Å². The summed E-state index contributed by atoms with van der Waals surface area (Å²) in [5.74, 6) is -0.311. The Morgan fingerprint density at radius 1 is 1.30 bits per heavy atom. The van der Waals surface area contributed by atoms with Crippen molar-refractivity contribution in [3.8, 4) is 6.07 Å². The minimum absolute atomic E-state index is 0.128. The number of nitrogens with zero attached hydrogens (tertiary/aromatic N) is 2. The summed E-state index contributed by atoms with van der Waals surface area (Å²) in [7, 11) is 0. The quantitative estimate of drug-likeness (QED) is 0.683. The lowest BCUT2D eigenvalue weighted by atomic mass is 9.98. The Balaban J connectivity index is 2.09. The molecular weight excluding hydrogens is 286 g/mol. The maximum absolute atomic E-state index is 12.4. The van der Waals surface area contributed by atoms with Crippen LogP contribution in [-0.2, 0) is 4.79 Å². The molecule has 0 bridgehead atoms. The second-order valence-electron chi connectivity index (χ2n) is 6.34. The summed E-state index contributed by atoms with van der Waals surface area (Å²) in [6.45, 7) is 6.21. The molecule has 0 saturated carbocycles. The normalized spacial score (nSPS) is 23.0. The highest BCUT2D eigenvalue weighted by Crippen LogP contribution is 2.23. The van der Waals surface area contributed by atoms with Crippen molar-refractivity contribution >= 4 is 5.91 Å². The van der Waals surface area contributed by atoms with Crippen molar-refractivity contribution in [1.82, 2.24) is 10.2 Å². The highest BCUT2D eigenvalue weighted by Gasteiger charge is 2.24. The third-order valence-corrected chi connectivity index (χ3v) is 4.55. The number of carbonyl (C=O) groups excluding carboxylic acids is 1. The summed E-state index contributed by atoms with van der Waals surface area (Å²) < 4.78 is 0. The van der Waals surface area contributed by atoms with Crippen molar-refractivity contribution in [3.05, 3.63) is 47.7 Å². The largest absolute Gasteiger partial charge is 0.371 e. The van der Waals surface area contributed by atoms with Gasteiger partial charge in [-0.05, 0) is 45.6 Å². The van der Waals surface area contributed by atoms with Gasteiger partial charge in [-0.15, -0.1) is 0 Å². The van der Waals surface area contributed by atoms with Gasteiger partial charge >= 0.3 is 0 Å². The van der Waals surface area contributed by atoms with Gasteiger partial charge in [0.15, 0.2) is 0 Å². The van der Waals surface area contributed by atoms with Crippen LogP contribution in [0.3, 0.4) is 0 Å². The van der Waals surface area contributed by atoms with E-state index in [0.717, 1.165) is 18.4 Å². The Bertz CT molecular complexity index is 593. The fraction of sp³-hybridized carbons (Fsp3) is 0.474. The third kappa shape index (κ3) is 4.35. The van der Waals surface area contributed by atoms with Gasteiger partial charge in [0.25, 0.3) is 5.91 Å². The molecule has 1 amide bonds. The first kappa shape index (κ1) is 17.1. The molecule has 1 fully saturated rings. The molecule has 2 rings (SSSR count). The summed E-state index contributed by atoms with van der Waals surface area (Å²) in [6.07, 6.45) is 5.14. The maximum atomic E-state index is 12.4. The fourth-order valence-corrected chi connectivity index (χ4v) is 3.08. The molecule has 0 spiro atoms. The topological polar surface area (TPSA) is 56.1 Å². The van der Waals surface area contributed by atoms with Gasteiger partial charge in [0.05, 0.1) is 6.04 Å². The van der Waals surface area contributed by atoms with Gasteiger partial charge in [0.1, 0.15) is 11.6 Å². The molecule has 0 radical (unpaired) electrons. The van der Waals surface area contributed by atoms with Crippen LogP contribution in [0.5, 0.6) is 0 Å². The van der Waals surface area contributed by atoms with Crippen molar-refractivity contribution in [2.24, 2.45) is 0 Å². The van der Waals surface area contributed by atoms with Crippen molar-refractivity contribution in [2.75, 3.05) is 0 Å². The number of nitriles is 1. The molecule has 4 heteroatoms. The number of carbonyl (C=O) groups is 1. The highest BCUT2D eigenvalue weighted by molar-refractivity contribution is 5.97. The van der Waals surface area contributed by atoms with Crippen LogP contribution in [0.15, 0.2) is 42.1 Å². The first-order chi connectivity index (χ1) is 11.0. The van der Waals surface area contributed by atoms with Crippen LogP contribution in [0.4, 0.5) is 0 Å². The zero-order valence-electron chi connectivity index (χ0n) is 14.1. The first-order valence-corrected chi connectivity index (χ1v) is 8.28. The van der Waals surface area contributed by atoms with E-state index in [-0.39, 0.29) is 17.5 Å². The maximum Gasteiger partial charge on any atom is 0.263 e.